The first kappa shape index (κ1) is 18.7. The summed E-state index contributed by atoms with van der Waals surface area (Å²) in [6.07, 6.45) is 2.35. The highest BCUT2D eigenvalue weighted by Crippen LogP contribution is 2.29. The average Bonchev–Trinajstić information content (AvgIpc) is 3.20. The van der Waals surface area contributed by atoms with Crippen LogP contribution in [0.5, 0.6) is 0 Å². The number of carbonyl (C=O) groups excluding carboxylic acids is 2. The number of aryl methyl sites for hydroxylation is 2. The maximum absolute atomic E-state index is 12.1. The summed E-state index contributed by atoms with van der Waals surface area (Å²) in [5, 5.41) is 15.9. The molecule has 2 N–H and O–H groups in total. The van der Waals surface area contributed by atoms with Crippen LogP contribution in [0.4, 0.5) is 5.00 Å². The Morgan fingerprint density at radius 1 is 1.36 bits per heavy atom. The van der Waals surface area contributed by atoms with Gasteiger partial charge in [-0.2, -0.15) is 5.10 Å². The number of carbonyl (C=O) groups is 3. The number of thiophene rings is 1. The molecule has 25 heavy (non-hydrogen) atoms. The van der Waals surface area contributed by atoms with Crippen molar-refractivity contribution >= 4 is 34.2 Å². The van der Waals surface area contributed by atoms with E-state index in [1.54, 1.807) is 13.0 Å². The van der Waals surface area contributed by atoms with Crippen molar-refractivity contribution in [2.24, 2.45) is 0 Å². The van der Waals surface area contributed by atoms with Gasteiger partial charge in [-0.25, -0.2) is 9.59 Å². The van der Waals surface area contributed by atoms with E-state index < -0.39 is 11.9 Å². The molecule has 2 heterocycles. The van der Waals surface area contributed by atoms with Crippen molar-refractivity contribution in [2.75, 3.05) is 11.9 Å². The van der Waals surface area contributed by atoms with E-state index >= 15 is 0 Å². The average molecular weight is 365 g/mol. The van der Waals surface area contributed by atoms with E-state index in [0.29, 0.717) is 10.6 Å². The first-order chi connectivity index (χ1) is 11.9. The number of carboxylic acid groups (broad SMARTS) is 1. The Morgan fingerprint density at radius 2 is 2.12 bits per heavy atom. The van der Waals surface area contributed by atoms with Gasteiger partial charge in [-0.15, -0.1) is 11.3 Å². The predicted octanol–water partition coefficient (Wildman–Crippen LogP) is 2.41. The van der Waals surface area contributed by atoms with Crippen LogP contribution in [0.3, 0.4) is 0 Å². The van der Waals surface area contributed by atoms with E-state index in [9.17, 15) is 14.4 Å². The number of ether oxygens (including phenoxy) is 1. The quantitative estimate of drug-likeness (QED) is 0.695. The Morgan fingerprint density at radius 3 is 2.72 bits per heavy atom. The summed E-state index contributed by atoms with van der Waals surface area (Å²) in [5.74, 6) is -1.87. The summed E-state index contributed by atoms with van der Waals surface area (Å²) in [4.78, 5) is 35.9. The Hall–Kier alpha value is -2.68. The van der Waals surface area contributed by atoms with Gasteiger partial charge >= 0.3 is 11.9 Å². The second-order valence-electron chi connectivity index (χ2n) is 5.10. The predicted molar refractivity (Wildman–Crippen MR) is 92.1 cm³/mol. The van der Waals surface area contributed by atoms with Crippen molar-refractivity contribution in [1.82, 2.24) is 9.78 Å². The summed E-state index contributed by atoms with van der Waals surface area (Å²) < 4.78 is 6.40. The molecule has 1 amide bonds. The minimum atomic E-state index is -1.12. The van der Waals surface area contributed by atoms with Crippen LogP contribution in [0.1, 0.15) is 46.0 Å². The van der Waals surface area contributed by atoms with Gasteiger partial charge in [0.15, 0.2) is 5.69 Å². The summed E-state index contributed by atoms with van der Waals surface area (Å²) in [5.41, 5.74) is 0.278. The number of nitrogens with one attached hydrogen (secondary N) is 1. The van der Waals surface area contributed by atoms with Gasteiger partial charge in [-0.3, -0.25) is 9.48 Å². The van der Waals surface area contributed by atoms with Crippen LogP contribution in [0.25, 0.3) is 0 Å². The van der Waals surface area contributed by atoms with E-state index in [2.05, 4.69) is 10.4 Å². The van der Waals surface area contributed by atoms with E-state index in [-0.39, 0.29) is 31.2 Å². The lowest BCUT2D eigenvalue weighted by Crippen LogP contribution is -2.16. The summed E-state index contributed by atoms with van der Waals surface area (Å²) >= 11 is 1.34. The van der Waals surface area contributed by atoms with Crippen LogP contribution in [0.15, 0.2) is 18.3 Å². The number of aromatic carboxylic acids is 1. The normalized spacial score (nSPS) is 10.5. The molecule has 2 aromatic heterocycles. The highest BCUT2D eigenvalue weighted by molar-refractivity contribution is 7.16. The molecule has 0 spiro atoms. The molecule has 0 atom stereocenters. The van der Waals surface area contributed by atoms with Gasteiger partial charge in [0.2, 0.25) is 5.91 Å². The fourth-order valence-electron chi connectivity index (χ4n) is 2.08. The maximum atomic E-state index is 12.1. The zero-order valence-electron chi connectivity index (χ0n) is 13.9. The number of hydrogen-bond donors (Lipinski definition) is 2. The Bertz CT molecular complexity index is 781. The molecule has 0 fully saturated rings. The van der Waals surface area contributed by atoms with Gasteiger partial charge in [0.25, 0.3) is 0 Å². The molecular weight excluding hydrogens is 346 g/mol. The van der Waals surface area contributed by atoms with Gasteiger partial charge in [-0.05, 0) is 25.5 Å². The summed E-state index contributed by atoms with van der Waals surface area (Å²) in [6, 6.07) is 3.09. The number of esters is 1. The molecule has 134 valence electrons. The number of carboxylic acids is 1. The van der Waals surface area contributed by atoms with Crippen LogP contribution >= 0.6 is 11.3 Å². The number of rotatable bonds is 8. The van der Waals surface area contributed by atoms with Crippen LogP contribution in [0.2, 0.25) is 0 Å². The molecular formula is C16H19N3O5S. The van der Waals surface area contributed by atoms with Crippen LogP contribution in [-0.2, 0) is 22.5 Å². The third kappa shape index (κ3) is 4.90. The Labute approximate surface area is 148 Å². The molecule has 0 aromatic carbocycles. The molecule has 0 radical (unpaired) electrons. The Balaban J connectivity index is 2.00. The van der Waals surface area contributed by atoms with Crippen LogP contribution < -0.4 is 5.32 Å². The SMILES string of the molecule is CCOC(=O)c1cc(CC)sc1NC(=O)CCn1ccc(C(=O)O)n1. The maximum Gasteiger partial charge on any atom is 0.356 e. The third-order valence-corrected chi connectivity index (χ3v) is 4.50. The van der Waals surface area contributed by atoms with Crippen LogP contribution in [0, 0.1) is 0 Å². The number of amides is 1. The summed E-state index contributed by atoms with van der Waals surface area (Å²) in [6.45, 7) is 4.18. The largest absolute Gasteiger partial charge is 0.476 e. The smallest absolute Gasteiger partial charge is 0.356 e. The van der Waals surface area contributed by atoms with E-state index in [4.69, 9.17) is 9.84 Å². The fourth-order valence-corrected chi connectivity index (χ4v) is 3.08. The zero-order chi connectivity index (χ0) is 18.4. The van der Waals surface area contributed by atoms with Gasteiger partial charge in [-0.1, -0.05) is 6.92 Å². The number of nitrogens with zero attached hydrogens (tertiary/aromatic N) is 2. The summed E-state index contributed by atoms with van der Waals surface area (Å²) in [7, 11) is 0. The second-order valence-corrected chi connectivity index (χ2v) is 6.23. The molecule has 0 saturated heterocycles. The standard InChI is InChI=1S/C16H19N3O5S/c1-3-10-9-11(16(23)24-4-2)14(25-10)17-13(20)6-8-19-7-5-12(18-19)15(21)22/h5,7,9H,3-4,6,8H2,1-2H3,(H,17,20)(H,21,22). The molecule has 9 heteroatoms. The van der Waals surface area contributed by atoms with Crippen molar-refractivity contribution in [3.63, 3.8) is 0 Å². The molecule has 0 aliphatic heterocycles. The molecule has 2 aromatic rings. The molecule has 0 bridgehead atoms. The number of hydrogen-bond acceptors (Lipinski definition) is 6. The second kappa shape index (κ2) is 8.43. The topological polar surface area (TPSA) is 111 Å². The van der Waals surface area contributed by atoms with Crippen molar-refractivity contribution in [2.45, 2.75) is 33.2 Å². The van der Waals surface area contributed by atoms with Crippen molar-refractivity contribution in [1.29, 1.82) is 0 Å². The van der Waals surface area contributed by atoms with Crippen molar-refractivity contribution < 1.29 is 24.2 Å². The van der Waals surface area contributed by atoms with Crippen molar-refractivity contribution in [3.8, 4) is 0 Å². The molecule has 0 aliphatic rings. The highest BCUT2D eigenvalue weighted by atomic mass is 32.1. The minimum absolute atomic E-state index is 0.0733. The lowest BCUT2D eigenvalue weighted by atomic mass is 10.2. The number of aromatic nitrogens is 2. The lowest BCUT2D eigenvalue weighted by molar-refractivity contribution is -0.116. The first-order valence-corrected chi connectivity index (χ1v) is 8.62. The molecule has 0 unspecified atom stereocenters. The lowest BCUT2D eigenvalue weighted by Gasteiger charge is -2.06. The van der Waals surface area contributed by atoms with Gasteiger partial charge in [0, 0.05) is 24.0 Å². The number of anilines is 1. The van der Waals surface area contributed by atoms with Crippen molar-refractivity contribution in [3.05, 3.63) is 34.5 Å². The molecule has 2 rings (SSSR count). The Kier molecular flexibility index (Phi) is 6.29. The zero-order valence-corrected chi connectivity index (χ0v) is 14.8. The van der Waals surface area contributed by atoms with Gasteiger partial charge in [0.05, 0.1) is 12.2 Å². The fraction of sp³-hybridized carbons (Fsp3) is 0.375. The van der Waals surface area contributed by atoms with E-state index in [1.165, 1.54) is 28.3 Å². The third-order valence-electron chi connectivity index (χ3n) is 3.31. The van der Waals surface area contributed by atoms with E-state index in [0.717, 1.165) is 11.3 Å². The van der Waals surface area contributed by atoms with Crippen LogP contribution in [-0.4, -0.2) is 39.3 Å². The van der Waals surface area contributed by atoms with Gasteiger partial charge < -0.3 is 15.2 Å². The molecule has 0 saturated carbocycles. The highest BCUT2D eigenvalue weighted by Gasteiger charge is 2.18. The van der Waals surface area contributed by atoms with Gasteiger partial charge in [0.1, 0.15) is 5.00 Å². The van der Waals surface area contributed by atoms with E-state index in [1.807, 2.05) is 6.92 Å². The first-order valence-electron chi connectivity index (χ1n) is 7.81. The molecule has 8 nitrogen and oxygen atoms in total. The monoisotopic (exact) mass is 365 g/mol. The minimum Gasteiger partial charge on any atom is -0.476 e. The molecule has 0 aliphatic carbocycles.